The number of rotatable bonds is 3. The lowest BCUT2D eigenvalue weighted by atomic mass is 9.74. The number of para-hydroxylation sites is 1. The summed E-state index contributed by atoms with van der Waals surface area (Å²) in [5.41, 5.74) is -1.23. The van der Waals surface area contributed by atoms with Crippen molar-refractivity contribution in [3.05, 3.63) is 30.1 Å². The SMILES string of the molecule is CC1(C)CCCC1(Nc1ccccc1F)C(=O)O. The molecule has 1 aliphatic carbocycles. The number of hydrogen-bond donors (Lipinski definition) is 2. The molecule has 0 aliphatic heterocycles. The third kappa shape index (κ3) is 1.85. The van der Waals surface area contributed by atoms with Crippen molar-refractivity contribution in [2.24, 2.45) is 5.41 Å². The van der Waals surface area contributed by atoms with Gasteiger partial charge in [0.25, 0.3) is 0 Å². The summed E-state index contributed by atoms with van der Waals surface area (Å²) in [5, 5.41) is 12.5. The van der Waals surface area contributed by atoms with Crippen LogP contribution in [0.5, 0.6) is 0 Å². The highest BCUT2D eigenvalue weighted by atomic mass is 19.1. The summed E-state index contributed by atoms with van der Waals surface area (Å²) >= 11 is 0. The molecule has 4 heteroatoms. The first-order chi connectivity index (χ1) is 8.39. The lowest BCUT2D eigenvalue weighted by molar-refractivity contribution is -0.145. The lowest BCUT2D eigenvalue weighted by Crippen LogP contribution is -2.54. The van der Waals surface area contributed by atoms with Crippen LogP contribution in [0.2, 0.25) is 0 Å². The number of anilines is 1. The molecular weight excluding hydrogens is 233 g/mol. The maximum atomic E-state index is 13.7. The summed E-state index contributed by atoms with van der Waals surface area (Å²) in [5.74, 6) is -1.32. The number of halogens is 1. The third-order valence-corrected chi connectivity index (χ3v) is 4.10. The predicted molar refractivity (Wildman–Crippen MR) is 68.0 cm³/mol. The average molecular weight is 251 g/mol. The summed E-state index contributed by atoms with van der Waals surface area (Å²) in [4.78, 5) is 11.7. The van der Waals surface area contributed by atoms with Gasteiger partial charge in [-0.3, -0.25) is 0 Å². The van der Waals surface area contributed by atoms with Crippen molar-refractivity contribution in [2.75, 3.05) is 5.32 Å². The standard InChI is InChI=1S/C14H18FNO2/c1-13(2)8-5-9-14(13,12(17)18)16-11-7-4-3-6-10(11)15/h3-4,6-7,16H,5,8-9H2,1-2H3,(H,17,18). The predicted octanol–water partition coefficient (Wildman–Crippen LogP) is 3.27. The fraction of sp³-hybridized carbons (Fsp3) is 0.500. The third-order valence-electron chi connectivity index (χ3n) is 4.10. The van der Waals surface area contributed by atoms with Crippen LogP contribution in [0, 0.1) is 11.2 Å². The number of hydrogen-bond acceptors (Lipinski definition) is 2. The van der Waals surface area contributed by atoms with E-state index >= 15 is 0 Å². The zero-order chi connectivity index (χ0) is 13.4. The van der Waals surface area contributed by atoms with Crippen molar-refractivity contribution in [2.45, 2.75) is 38.6 Å². The van der Waals surface area contributed by atoms with Crippen molar-refractivity contribution in [3.63, 3.8) is 0 Å². The van der Waals surface area contributed by atoms with Crippen LogP contribution in [0.1, 0.15) is 33.1 Å². The Bertz CT molecular complexity index is 473. The van der Waals surface area contributed by atoms with Gasteiger partial charge >= 0.3 is 5.97 Å². The van der Waals surface area contributed by atoms with Gasteiger partial charge in [-0.25, -0.2) is 9.18 Å². The van der Waals surface area contributed by atoms with E-state index in [-0.39, 0.29) is 5.69 Å². The van der Waals surface area contributed by atoms with Crippen molar-refractivity contribution < 1.29 is 14.3 Å². The first-order valence-corrected chi connectivity index (χ1v) is 6.15. The van der Waals surface area contributed by atoms with E-state index in [9.17, 15) is 14.3 Å². The molecule has 1 atom stereocenters. The molecule has 2 N–H and O–H groups in total. The van der Waals surface area contributed by atoms with Gasteiger partial charge in [0.1, 0.15) is 11.4 Å². The number of nitrogens with one attached hydrogen (secondary N) is 1. The molecule has 0 radical (unpaired) electrons. The smallest absolute Gasteiger partial charge is 0.329 e. The van der Waals surface area contributed by atoms with Crippen LogP contribution in [0.3, 0.4) is 0 Å². The molecule has 0 bridgehead atoms. The normalized spacial score (nSPS) is 25.9. The molecule has 2 rings (SSSR count). The monoisotopic (exact) mass is 251 g/mol. The quantitative estimate of drug-likeness (QED) is 0.866. The van der Waals surface area contributed by atoms with Gasteiger partial charge in [-0.05, 0) is 36.8 Å². The van der Waals surface area contributed by atoms with E-state index in [4.69, 9.17) is 0 Å². The van der Waals surface area contributed by atoms with Crippen molar-refractivity contribution in [1.82, 2.24) is 0 Å². The van der Waals surface area contributed by atoms with Gasteiger partial charge in [0.15, 0.2) is 0 Å². The Morgan fingerprint density at radius 1 is 1.33 bits per heavy atom. The molecule has 1 saturated carbocycles. The van der Waals surface area contributed by atoms with Crippen molar-refractivity contribution in [3.8, 4) is 0 Å². The second-order valence-corrected chi connectivity index (χ2v) is 5.55. The number of carboxylic acid groups (broad SMARTS) is 1. The molecular formula is C14H18FNO2. The fourth-order valence-corrected chi connectivity index (χ4v) is 2.82. The van der Waals surface area contributed by atoms with Gasteiger partial charge in [0, 0.05) is 0 Å². The topological polar surface area (TPSA) is 49.3 Å². The van der Waals surface area contributed by atoms with Crippen molar-refractivity contribution >= 4 is 11.7 Å². The van der Waals surface area contributed by atoms with Gasteiger partial charge in [-0.1, -0.05) is 26.0 Å². The number of carbonyl (C=O) groups is 1. The Labute approximate surface area is 106 Å². The lowest BCUT2D eigenvalue weighted by Gasteiger charge is -2.39. The molecule has 0 spiro atoms. The van der Waals surface area contributed by atoms with E-state index in [2.05, 4.69) is 5.32 Å². The zero-order valence-electron chi connectivity index (χ0n) is 10.7. The second kappa shape index (κ2) is 4.26. The Morgan fingerprint density at radius 3 is 2.50 bits per heavy atom. The highest BCUT2D eigenvalue weighted by molar-refractivity contribution is 5.84. The number of benzene rings is 1. The minimum absolute atomic E-state index is 0.259. The minimum Gasteiger partial charge on any atom is -0.479 e. The van der Waals surface area contributed by atoms with E-state index in [0.29, 0.717) is 6.42 Å². The van der Waals surface area contributed by atoms with Gasteiger partial charge in [0.2, 0.25) is 0 Å². The highest BCUT2D eigenvalue weighted by Crippen LogP contribution is 2.48. The molecule has 1 unspecified atom stereocenters. The van der Waals surface area contributed by atoms with E-state index < -0.39 is 22.7 Å². The number of aliphatic carboxylic acids is 1. The van der Waals surface area contributed by atoms with Gasteiger partial charge in [0.05, 0.1) is 5.69 Å². The highest BCUT2D eigenvalue weighted by Gasteiger charge is 2.54. The molecule has 0 heterocycles. The van der Waals surface area contributed by atoms with Crippen LogP contribution in [0.15, 0.2) is 24.3 Å². The molecule has 0 amide bonds. The Balaban J connectivity index is 2.40. The first kappa shape index (κ1) is 12.9. The summed E-state index contributed by atoms with van der Waals surface area (Å²) in [7, 11) is 0. The maximum Gasteiger partial charge on any atom is 0.329 e. The van der Waals surface area contributed by atoms with Crippen LogP contribution < -0.4 is 5.32 Å². The minimum atomic E-state index is -1.09. The second-order valence-electron chi connectivity index (χ2n) is 5.55. The largest absolute Gasteiger partial charge is 0.479 e. The van der Waals surface area contributed by atoms with Gasteiger partial charge < -0.3 is 10.4 Å². The van der Waals surface area contributed by atoms with E-state index in [1.807, 2.05) is 13.8 Å². The molecule has 0 saturated heterocycles. The molecule has 1 aliphatic rings. The fourth-order valence-electron chi connectivity index (χ4n) is 2.82. The maximum absolute atomic E-state index is 13.7. The molecule has 1 fully saturated rings. The number of carboxylic acids is 1. The van der Waals surface area contributed by atoms with Crippen molar-refractivity contribution in [1.29, 1.82) is 0 Å². The molecule has 98 valence electrons. The van der Waals surface area contributed by atoms with Gasteiger partial charge in [-0.15, -0.1) is 0 Å². The van der Waals surface area contributed by atoms with Crippen LogP contribution in [0.25, 0.3) is 0 Å². The molecule has 18 heavy (non-hydrogen) atoms. The van der Waals surface area contributed by atoms with E-state index in [1.165, 1.54) is 6.07 Å². The first-order valence-electron chi connectivity index (χ1n) is 6.15. The Morgan fingerprint density at radius 2 is 2.00 bits per heavy atom. The summed E-state index contributed by atoms with van der Waals surface area (Å²) < 4.78 is 13.7. The van der Waals surface area contributed by atoms with E-state index in [1.54, 1.807) is 18.2 Å². The zero-order valence-corrected chi connectivity index (χ0v) is 10.7. The van der Waals surface area contributed by atoms with Crippen LogP contribution in [-0.4, -0.2) is 16.6 Å². The van der Waals surface area contributed by atoms with Gasteiger partial charge in [-0.2, -0.15) is 0 Å². The molecule has 1 aromatic rings. The van der Waals surface area contributed by atoms with Crippen LogP contribution in [-0.2, 0) is 4.79 Å². The molecule has 3 nitrogen and oxygen atoms in total. The summed E-state index contributed by atoms with van der Waals surface area (Å²) in [6, 6.07) is 6.20. The Hall–Kier alpha value is -1.58. The Kier molecular flexibility index (Phi) is 3.05. The van der Waals surface area contributed by atoms with Crippen LogP contribution in [0.4, 0.5) is 10.1 Å². The van der Waals surface area contributed by atoms with Crippen LogP contribution >= 0.6 is 0 Å². The average Bonchev–Trinajstić information content (AvgIpc) is 2.58. The summed E-state index contributed by atoms with van der Waals surface area (Å²) in [6.07, 6.45) is 2.17. The molecule has 1 aromatic carbocycles. The summed E-state index contributed by atoms with van der Waals surface area (Å²) in [6.45, 7) is 3.84. The van der Waals surface area contributed by atoms with E-state index in [0.717, 1.165) is 12.8 Å². The molecule has 0 aromatic heterocycles.